The Bertz CT molecular complexity index is 512. The van der Waals surface area contributed by atoms with E-state index in [1.54, 1.807) is 0 Å². The summed E-state index contributed by atoms with van der Waals surface area (Å²) in [6, 6.07) is 4.29. The van der Waals surface area contributed by atoms with Crippen molar-refractivity contribution in [3.05, 3.63) is 41.0 Å². The molecule has 0 heterocycles. The molecule has 2 rings (SSSR count). The first kappa shape index (κ1) is 11.6. The third kappa shape index (κ3) is 2.13. The van der Waals surface area contributed by atoms with Gasteiger partial charge in [0.1, 0.15) is 5.75 Å². The minimum Gasteiger partial charge on any atom is -0.508 e. The first-order valence-electron chi connectivity index (χ1n) is 5.76. The summed E-state index contributed by atoms with van der Waals surface area (Å²) >= 11 is 0. The third-order valence-corrected chi connectivity index (χ3v) is 2.91. The van der Waals surface area contributed by atoms with Gasteiger partial charge in [-0.2, -0.15) is 0 Å². The molecule has 0 saturated heterocycles. The summed E-state index contributed by atoms with van der Waals surface area (Å²) in [6.07, 6.45) is 3.91. The fourth-order valence-corrected chi connectivity index (χ4v) is 1.96. The van der Waals surface area contributed by atoms with Crippen molar-refractivity contribution < 1.29 is 14.7 Å². The second-order valence-electron chi connectivity index (χ2n) is 4.20. The Morgan fingerprint density at radius 2 is 1.94 bits per heavy atom. The topological polar surface area (TPSA) is 54.4 Å². The maximum Gasteiger partial charge on any atom is 0.190 e. The number of carbonyl (C=O) groups excluding carboxylic acids is 2. The lowest BCUT2D eigenvalue weighted by Crippen LogP contribution is -2.16. The van der Waals surface area contributed by atoms with Gasteiger partial charge < -0.3 is 5.11 Å². The van der Waals surface area contributed by atoms with Gasteiger partial charge in [0.05, 0.1) is 0 Å². The number of fused-ring (bicyclic) bond motifs is 1. The zero-order valence-corrected chi connectivity index (χ0v) is 9.69. The molecule has 0 saturated carbocycles. The molecule has 0 unspecified atom stereocenters. The maximum absolute atomic E-state index is 12.1. The standard InChI is InChI=1S/C14H14O3/c1-2-3-4-9-7-13(16)11-6-5-10(15)8-12(11)14(9)17/h5-8,15H,2-4H2,1H3. The molecular weight excluding hydrogens is 216 g/mol. The van der Waals surface area contributed by atoms with Crippen LogP contribution in [0.15, 0.2) is 29.8 Å². The van der Waals surface area contributed by atoms with Crippen LogP contribution in [0, 0.1) is 0 Å². The molecule has 1 aromatic rings. The predicted octanol–water partition coefficient (Wildman–Crippen LogP) is 2.89. The molecular formula is C14H14O3. The summed E-state index contributed by atoms with van der Waals surface area (Å²) in [5.74, 6) is -0.267. The van der Waals surface area contributed by atoms with Crippen LogP contribution in [0.3, 0.4) is 0 Å². The van der Waals surface area contributed by atoms with Crippen LogP contribution in [0.25, 0.3) is 0 Å². The van der Waals surface area contributed by atoms with Gasteiger partial charge in [-0.05, 0) is 37.1 Å². The van der Waals surface area contributed by atoms with E-state index in [4.69, 9.17) is 0 Å². The molecule has 0 spiro atoms. The van der Waals surface area contributed by atoms with E-state index in [9.17, 15) is 14.7 Å². The number of unbranched alkanes of at least 4 members (excludes halogenated alkanes) is 1. The molecule has 0 bridgehead atoms. The van der Waals surface area contributed by atoms with Crippen molar-refractivity contribution in [1.29, 1.82) is 0 Å². The van der Waals surface area contributed by atoms with Crippen molar-refractivity contribution in [2.75, 3.05) is 0 Å². The van der Waals surface area contributed by atoms with E-state index in [-0.39, 0.29) is 17.3 Å². The van der Waals surface area contributed by atoms with E-state index >= 15 is 0 Å². The molecule has 1 aromatic carbocycles. The highest BCUT2D eigenvalue weighted by Crippen LogP contribution is 2.26. The van der Waals surface area contributed by atoms with E-state index in [0.29, 0.717) is 23.1 Å². The number of benzene rings is 1. The molecule has 0 amide bonds. The smallest absolute Gasteiger partial charge is 0.190 e. The van der Waals surface area contributed by atoms with Crippen LogP contribution < -0.4 is 0 Å². The Balaban J connectivity index is 2.40. The third-order valence-electron chi connectivity index (χ3n) is 2.91. The molecule has 1 aliphatic rings. The summed E-state index contributed by atoms with van der Waals surface area (Å²) in [6.45, 7) is 2.04. The summed E-state index contributed by atoms with van der Waals surface area (Å²) in [5, 5.41) is 9.37. The van der Waals surface area contributed by atoms with E-state index in [1.165, 1.54) is 24.3 Å². The second-order valence-corrected chi connectivity index (χ2v) is 4.20. The molecule has 0 radical (unpaired) electrons. The number of rotatable bonds is 3. The minimum absolute atomic E-state index is 0.0154. The molecule has 0 aromatic heterocycles. The quantitative estimate of drug-likeness (QED) is 0.868. The normalized spacial score (nSPS) is 14.5. The number of hydrogen-bond acceptors (Lipinski definition) is 3. The maximum atomic E-state index is 12.1. The van der Waals surface area contributed by atoms with Crippen LogP contribution in [-0.4, -0.2) is 16.7 Å². The number of phenolic OH excluding ortho intramolecular Hbond substituents is 1. The summed E-state index contributed by atoms with van der Waals surface area (Å²) in [5.41, 5.74) is 1.26. The number of ketones is 2. The van der Waals surface area contributed by atoms with Crippen LogP contribution in [-0.2, 0) is 0 Å². The van der Waals surface area contributed by atoms with E-state index in [1.807, 2.05) is 6.92 Å². The van der Waals surface area contributed by atoms with Gasteiger partial charge in [-0.25, -0.2) is 0 Å². The van der Waals surface area contributed by atoms with Crippen molar-refractivity contribution in [3.8, 4) is 5.75 Å². The molecule has 3 nitrogen and oxygen atoms in total. The van der Waals surface area contributed by atoms with Crippen molar-refractivity contribution in [3.63, 3.8) is 0 Å². The zero-order valence-electron chi connectivity index (χ0n) is 9.69. The summed E-state index contributed by atoms with van der Waals surface area (Å²) < 4.78 is 0. The van der Waals surface area contributed by atoms with Gasteiger partial charge in [0.2, 0.25) is 0 Å². The average Bonchev–Trinajstić information content (AvgIpc) is 2.32. The molecule has 88 valence electrons. The Morgan fingerprint density at radius 3 is 2.65 bits per heavy atom. The highest BCUT2D eigenvalue weighted by Gasteiger charge is 2.25. The largest absolute Gasteiger partial charge is 0.508 e. The van der Waals surface area contributed by atoms with Gasteiger partial charge >= 0.3 is 0 Å². The van der Waals surface area contributed by atoms with E-state index in [0.717, 1.165) is 12.8 Å². The number of Topliss-reactive ketones (excluding diaryl/α,β-unsaturated/α-hetero) is 1. The van der Waals surface area contributed by atoms with E-state index < -0.39 is 0 Å². The highest BCUT2D eigenvalue weighted by atomic mass is 16.3. The Labute approximate surface area is 99.8 Å². The number of aromatic hydroxyl groups is 1. The fourth-order valence-electron chi connectivity index (χ4n) is 1.96. The second kappa shape index (κ2) is 4.53. The minimum atomic E-state index is -0.147. The highest BCUT2D eigenvalue weighted by molar-refractivity contribution is 6.24. The molecule has 0 aliphatic heterocycles. The Hall–Kier alpha value is -1.90. The van der Waals surface area contributed by atoms with Crippen molar-refractivity contribution in [2.24, 2.45) is 0 Å². The molecule has 17 heavy (non-hydrogen) atoms. The van der Waals surface area contributed by atoms with Crippen LogP contribution >= 0.6 is 0 Å². The van der Waals surface area contributed by atoms with Gasteiger partial charge in [-0.15, -0.1) is 0 Å². The molecule has 3 heteroatoms. The number of allylic oxidation sites excluding steroid dienone is 2. The Kier molecular flexibility index (Phi) is 3.09. The van der Waals surface area contributed by atoms with Crippen molar-refractivity contribution in [1.82, 2.24) is 0 Å². The average molecular weight is 230 g/mol. The van der Waals surface area contributed by atoms with Crippen molar-refractivity contribution >= 4 is 11.6 Å². The lowest BCUT2D eigenvalue weighted by Gasteiger charge is -2.14. The predicted molar refractivity (Wildman–Crippen MR) is 64.4 cm³/mol. The Morgan fingerprint density at radius 1 is 1.18 bits per heavy atom. The van der Waals surface area contributed by atoms with Crippen LogP contribution in [0.1, 0.15) is 46.9 Å². The molecule has 1 N–H and O–H groups in total. The van der Waals surface area contributed by atoms with Crippen LogP contribution in [0.5, 0.6) is 5.75 Å². The lowest BCUT2D eigenvalue weighted by molar-refractivity contribution is 0.0981. The molecule has 1 aliphatic carbocycles. The summed E-state index contributed by atoms with van der Waals surface area (Å²) in [7, 11) is 0. The number of hydrogen-bond donors (Lipinski definition) is 1. The first-order chi connectivity index (χ1) is 8.13. The van der Waals surface area contributed by atoms with Gasteiger partial charge in [0.15, 0.2) is 11.6 Å². The monoisotopic (exact) mass is 230 g/mol. The van der Waals surface area contributed by atoms with Crippen LogP contribution in [0.2, 0.25) is 0 Å². The van der Waals surface area contributed by atoms with E-state index in [2.05, 4.69) is 0 Å². The molecule has 0 atom stereocenters. The van der Waals surface area contributed by atoms with Gasteiger partial charge in [0, 0.05) is 16.7 Å². The zero-order chi connectivity index (χ0) is 12.4. The van der Waals surface area contributed by atoms with Gasteiger partial charge in [-0.1, -0.05) is 13.3 Å². The fraction of sp³-hybridized carbons (Fsp3) is 0.286. The first-order valence-corrected chi connectivity index (χ1v) is 5.76. The van der Waals surface area contributed by atoms with Gasteiger partial charge in [-0.3, -0.25) is 9.59 Å². The molecule has 0 fully saturated rings. The summed E-state index contributed by atoms with van der Waals surface area (Å²) in [4.78, 5) is 23.9. The van der Waals surface area contributed by atoms with Crippen LogP contribution in [0.4, 0.5) is 0 Å². The van der Waals surface area contributed by atoms with Crippen molar-refractivity contribution in [2.45, 2.75) is 26.2 Å². The number of phenols is 1. The SMILES string of the molecule is CCCCC1=CC(=O)c2ccc(O)cc2C1=O. The lowest BCUT2D eigenvalue weighted by atomic mass is 9.87. The van der Waals surface area contributed by atoms with Gasteiger partial charge in [0.25, 0.3) is 0 Å². The number of carbonyl (C=O) groups is 2.